The van der Waals surface area contributed by atoms with Gasteiger partial charge in [-0.25, -0.2) is 18.1 Å². The standard InChI is InChI=1S/C34H39F3N4O3S/c1-19-6-4-7-20(2)27(19)29-21(3)30-40-31(39-29)41-45(42,43)26-9-5-8-22(12-26)28(23-13-32(14-23)16-25(38)17-32)24(18-44-30)15-33(10-11-33)34(35,36)37/h4-9,12,23-25,28H,10-11,13-18,38H2,1-3H3,(H,39,40,41)/t23?,24-,25?,28?,32?/m1/s1. The first kappa shape index (κ1) is 30.5. The number of sulfonamides is 1. The Morgan fingerprint density at radius 1 is 1.00 bits per heavy atom. The Kier molecular flexibility index (Phi) is 7.06. The third-order valence-electron chi connectivity index (χ3n) is 10.9. The van der Waals surface area contributed by atoms with Gasteiger partial charge in [0.15, 0.2) is 0 Å². The molecule has 2 atom stereocenters. The van der Waals surface area contributed by atoms with Crippen LogP contribution in [0.5, 0.6) is 5.88 Å². The van der Waals surface area contributed by atoms with Crippen molar-refractivity contribution >= 4 is 16.0 Å². The summed E-state index contributed by atoms with van der Waals surface area (Å²) in [7, 11) is -4.13. The number of ether oxygens (including phenoxy) is 1. The van der Waals surface area contributed by atoms with Crippen LogP contribution in [-0.4, -0.2) is 37.2 Å². The molecule has 3 N–H and O–H groups in total. The fourth-order valence-corrected chi connectivity index (χ4v) is 9.53. The minimum Gasteiger partial charge on any atom is -0.477 e. The Balaban J connectivity index is 1.36. The first-order valence-electron chi connectivity index (χ1n) is 15.7. The number of aryl methyl sites for hydroxylation is 2. The first-order valence-corrected chi connectivity index (χ1v) is 17.2. The molecule has 240 valence electrons. The number of nitrogens with zero attached hydrogens (tertiary/aromatic N) is 2. The Labute approximate surface area is 262 Å². The molecular formula is C34H39F3N4O3S. The predicted molar refractivity (Wildman–Crippen MR) is 165 cm³/mol. The van der Waals surface area contributed by atoms with Gasteiger partial charge in [-0.2, -0.15) is 18.2 Å². The minimum absolute atomic E-state index is 0.0198. The molecule has 1 spiro atoms. The molecule has 2 heterocycles. The monoisotopic (exact) mass is 640 g/mol. The number of nitrogens with one attached hydrogen (secondary N) is 1. The van der Waals surface area contributed by atoms with Gasteiger partial charge >= 0.3 is 6.18 Å². The van der Waals surface area contributed by atoms with E-state index in [1.54, 1.807) is 12.1 Å². The fraction of sp³-hybridized carbons (Fsp3) is 0.529. The SMILES string of the molecule is Cc1cccc(C)c1-c1nc2nc(c1C)OC[C@@H](CC1(C(F)(F)F)CC1)C(C1CC3(CC(N)C3)C1)c1cccc(c1)S(=O)(=O)N2. The number of alkyl halides is 3. The number of anilines is 1. The van der Waals surface area contributed by atoms with E-state index < -0.39 is 27.5 Å². The lowest BCUT2D eigenvalue weighted by atomic mass is 9.46. The molecule has 1 aliphatic heterocycles. The van der Waals surface area contributed by atoms with Crippen molar-refractivity contribution in [1.82, 2.24) is 9.97 Å². The van der Waals surface area contributed by atoms with E-state index in [0.29, 0.717) is 11.3 Å². The van der Waals surface area contributed by atoms with E-state index in [1.807, 2.05) is 45.0 Å². The van der Waals surface area contributed by atoms with Crippen molar-refractivity contribution in [3.05, 3.63) is 64.7 Å². The largest absolute Gasteiger partial charge is 0.477 e. The molecule has 45 heavy (non-hydrogen) atoms. The van der Waals surface area contributed by atoms with Crippen LogP contribution in [0.1, 0.15) is 73.1 Å². The number of rotatable bonds is 4. The van der Waals surface area contributed by atoms with Crippen molar-refractivity contribution in [3.63, 3.8) is 0 Å². The summed E-state index contributed by atoms with van der Waals surface area (Å²) < 4.78 is 79.9. The number of halogens is 3. The Hall–Kier alpha value is -3.18. The van der Waals surface area contributed by atoms with Gasteiger partial charge in [-0.15, -0.1) is 0 Å². The highest BCUT2D eigenvalue weighted by molar-refractivity contribution is 7.92. The summed E-state index contributed by atoms with van der Waals surface area (Å²) in [4.78, 5) is 9.15. The third-order valence-corrected chi connectivity index (χ3v) is 12.3. The molecule has 4 aliphatic rings. The number of fused-ring (bicyclic) bond motifs is 4. The van der Waals surface area contributed by atoms with Gasteiger partial charge in [0.2, 0.25) is 11.8 Å². The van der Waals surface area contributed by atoms with Gasteiger partial charge in [0.05, 0.1) is 22.6 Å². The van der Waals surface area contributed by atoms with Gasteiger partial charge in [-0.1, -0.05) is 30.3 Å². The topological polar surface area (TPSA) is 107 Å². The molecule has 7 rings (SSSR count). The summed E-state index contributed by atoms with van der Waals surface area (Å²) >= 11 is 0. The molecule has 3 saturated carbocycles. The van der Waals surface area contributed by atoms with E-state index >= 15 is 0 Å². The molecule has 0 amide bonds. The maximum Gasteiger partial charge on any atom is 0.394 e. The van der Waals surface area contributed by atoms with Crippen LogP contribution in [0.25, 0.3) is 11.3 Å². The third kappa shape index (κ3) is 5.29. The normalized spacial score (nSPS) is 29.7. The smallest absolute Gasteiger partial charge is 0.394 e. The number of aromatic nitrogens is 2. The summed E-state index contributed by atoms with van der Waals surface area (Å²) in [6.45, 7) is 5.73. The summed E-state index contributed by atoms with van der Waals surface area (Å²) in [5, 5.41) is 0. The molecule has 1 unspecified atom stereocenters. The summed E-state index contributed by atoms with van der Waals surface area (Å²) in [6, 6.07) is 12.7. The lowest BCUT2D eigenvalue weighted by molar-refractivity contribution is -0.194. The molecule has 11 heteroatoms. The molecule has 3 aromatic rings. The quantitative estimate of drug-likeness (QED) is 0.312. The van der Waals surface area contributed by atoms with E-state index in [-0.39, 0.29) is 65.9 Å². The van der Waals surface area contributed by atoms with Crippen LogP contribution in [0.3, 0.4) is 0 Å². The highest BCUT2D eigenvalue weighted by atomic mass is 32.2. The zero-order valence-electron chi connectivity index (χ0n) is 25.7. The number of benzene rings is 2. The van der Waals surface area contributed by atoms with Gasteiger partial charge in [0, 0.05) is 23.1 Å². The number of hydrogen-bond acceptors (Lipinski definition) is 6. The van der Waals surface area contributed by atoms with Crippen LogP contribution in [0.15, 0.2) is 47.4 Å². The van der Waals surface area contributed by atoms with E-state index in [1.165, 1.54) is 6.07 Å². The Morgan fingerprint density at radius 2 is 1.67 bits per heavy atom. The number of hydrogen-bond donors (Lipinski definition) is 2. The molecule has 0 saturated heterocycles. The van der Waals surface area contributed by atoms with E-state index in [4.69, 9.17) is 10.5 Å². The molecule has 3 aliphatic carbocycles. The zero-order valence-corrected chi connectivity index (χ0v) is 26.6. The average molecular weight is 641 g/mol. The summed E-state index contributed by atoms with van der Waals surface area (Å²) in [5.41, 5.74) is 9.09. The van der Waals surface area contributed by atoms with Crippen LogP contribution < -0.4 is 15.2 Å². The van der Waals surface area contributed by atoms with Crippen molar-refractivity contribution < 1.29 is 26.3 Å². The van der Waals surface area contributed by atoms with Crippen molar-refractivity contribution in [2.75, 3.05) is 11.3 Å². The molecule has 1 aromatic heterocycles. The lowest BCUT2D eigenvalue weighted by Crippen LogP contribution is -2.55. The highest BCUT2D eigenvalue weighted by Crippen LogP contribution is 2.66. The van der Waals surface area contributed by atoms with Gasteiger partial charge in [0.25, 0.3) is 10.0 Å². The van der Waals surface area contributed by atoms with E-state index in [2.05, 4.69) is 14.7 Å². The molecular weight excluding hydrogens is 601 g/mol. The van der Waals surface area contributed by atoms with Gasteiger partial charge in [-0.3, -0.25) is 0 Å². The Morgan fingerprint density at radius 3 is 2.29 bits per heavy atom. The maximum atomic E-state index is 14.5. The van der Waals surface area contributed by atoms with Gasteiger partial charge < -0.3 is 10.5 Å². The van der Waals surface area contributed by atoms with Crippen LogP contribution in [0.2, 0.25) is 0 Å². The van der Waals surface area contributed by atoms with Gasteiger partial charge in [-0.05, 0) is 112 Å². The van der Waals surface area contributed by atoms with Crippen molar-refractivity contribution in [2.45, 2.75) is 88.7 Å². The number of nitrogens with two attached hydrogens (primary N) is 1. The minimum atomic E-state index is -4.33. The van der Waals surface area contributed by atoms with Crippen LogP contribution >= 0.6 is 0 Å². The first-order chi connectivity index (χ1) is 21.2. The Bertz CT molecular complexity index is 1740. The molecule has 3 fully saturated rings. The lowest BCUT2D eigenvalue weighted by Gasteiger charge is -2.59. The van der Waals surface area contributed by atoms with Crippen LogP contribution in [0.4, 0.5) is 19.1 Å². The predicted octanol–water partition coefficient (Wildman–Crippen LogP) is 7.21. The highest BCUT2D eigenvalue weighted by Gasteiger charge is 2.64. The van der Waals surface area contributed by atoms with Crippen LogP contribution in [-0.2, 0) is 10.0 Å². The molecule has 7 nitrogen and oxygen atoms in total. The second-order valence-corrected chi connectivity index (χ2v) is 15.9. The van der Waals surface area contributed by atoms with Crippen LogP contribution in [0, 0.1) is 43.4 Å². The van der Waals surface area contributed by atoms with Crippen molar-refractivity contribution in [2.24, 2.45) is 28.4 Å². The molecule has 4 bridgehead atoms. The van der Waals surface area contributed by atoms with E-state index in [0.717, 1.165) is 47.9 Å². The average Bonchev–Trinajstić information content (AvgIpc) is 3.72. The second kappa shape index (κ2) is 10.4. The van der Waals surface area contributed by atoms with Crippen molar-refractivity contribution in [1.29, 1.82) is 0 Å². The molecule has 2 aromatic carbocycles. The summed E-state index contributed by atoms with van der Waals surface area (Å²) in [5.74, 6) is -0.724. The van der Waals surface area contributed by atoms with Crippen molar-refractivity contribution in [3.8, 4) is 17.1 Å². The molecule has 0 radical (unpaired) electrons. The zero-order chi connectivity index (χ0) is 31.9. The summed E-state index contributed by atoms with van der Waals surface area (Å²) in [6.07, 6.45) is -0.652. The second-order valence-electron chi connectivity index (χ2n) is 14.2. The van der Waals surface area contributed by atoms with Gasteiger partial charge in [0.1, 0.15) is 0 Å². The fourth-order valence-electron chi connectivity index (χ4n) is 8.54. The maximum absolute atomic E-state index is 14.5. The van der Waals surface area contributed by atoms with E-state index in [9.17, 15) is 21.6 Å².